The van der Waals surface area contributed by atoms with Crippen molar-refractivity contribution < 1.29 is 9.47 Å². The summed E-state index contributed by atoms with van der Waals surface area (Å²) in [6.45, 7) is 6.79. The van der Waals surface area contributed by atoms with Gasteiger partial charge in [0.2, 0.25) is 0 Å². The van der Waals surface area contributed by atoms with E-state index in [1.165, 1.54) is 0 Å². The van der Waals surface area contributed by atoms with Gasteiger partial charge in [-0.25, -0.2) is 0 Å². The number of hydrogen-bond donors (Lipinski definition) is 0. The Hall–Kier alpha value is -2.08. The Kier molecular flexibility index (Phi) is 2.54. The van der Waals surface area contributed by atoms with Gasteiger partial charge in [0.1, 0.15) is 0 Å². The Bertz CT molecular complexity index is 67.4. The predicted octanol–water partition coefficient (Wildman–Crippen LogP) is 0.583. The third kappa shape index (κ3) is 1.90. The van der Waals surface area contributed by atoms with Crippen LogP contribution in [0.3, 0.4) is 0 Å². The van der Waals surface area contributed by atoms with E-state index in [9.17, 15) is 0 Å². The van der Waals surface area contributed by atoms with Crippen LogP contribution in [-0.4, -0.2) is 19.0 Å². The van der Waals surface area contributed by atoms with Crippen LogP contribution >= 0.6 is 0 Å². The molecule has 0 aromatic rings. The van der Waals surface area contributed by atoms with Gasteiger partial charge in [-0.05, 0) is 6.92 Å². The van der Waals surface area contributed by atoms with Gasteiger partial charge in [-0.3, -0.25) is 6.92 Å². The number of hydrogen-bond acceptors (Lipinski definition) is 2. The average molecular weight is 635 g/mol. The van der Waals surface area contributed by atoms with Gasteiger partial charge in [0.05, 0.1) is 13.2 Å². The van der Waals surface area contributed by atoms with E-state index in [-0.39, 0.29) is 0 Å². The van der Waals surface area contributed by atoms with Crippen LogP contribution in [0.15, 0.2) is 0 Å². The van der Waals surface area contributed by atoms with Crippen molar-refractivity contribution in [3.05, 3.63) is 6.92 Å². The summed E-state index contributed by atoms with van der Waals surface area (Å²) >= 11 is 0. The number of ether oxygens (including phenoxy) is 2. The second-order valence-corrected chi connectivity index (χ2v) is 1.83. The Morgan fingerprint density at radius 2 is 1.56 bits per heavy atom. The maximum atomic E-state index is 5.01. The van der Waals surface area contributed by atoms with E-state index in [1.54, 1.807) is 6.92 Å². The fourth-order valence-electron chi connectivity index (χ4n) is 0.557. The molecular formula is C5H9O2Rf2-. The van der Waals surface area contributed by atoms with Crippen LogP contribution in [-0.2, 0) is 9.47 Å². The van der Waals surface area contributed by atoms with E-state index >= 15 is 0 Å². The molecule has 0 aromatic heterocycles. The topological polar surface area (TPSA) is 18.5 Å². The monoisotopic (exact) mass is 635 g/mol. The average Bonchev–Trinajstić information content (AvgIpc) is 1.84. The molecule has 9 heavy (non-hydrogen) atoms. The van der Waals surface area contributed by atoms with Gasteiger partial charge in [0.15, 0.2) is 0 Å². The summed E-state index contributed by atoms with van der Waals surface area (Å²) in [5, 5.41) is 0. The van der Waals surface area contributed by atoms with Crippen molar-refractivity contribution in [2.24, 2.45) is 0 Å². The molecule has 0 amide bonds. The molecule has 1 rings (SSSR count). The molecule has 0 unspecified atom stereocenters. The first-order valence-corrected chi connectivity index (χ1v) is 2.34. The molecule has 0 saturated carbocycles. The van der Waals surface area contributed by atoms with Gasteiger partial charge in [0, 0.05) is 5.79 Å². The van der Waals surface area contributed by atoms with Gasteiger partial charge in [0.25, 0.3) is 0 Å². The van der Waals surface area contributed by atoms with Crippen molar-refractivity contribution in [3.63, 3.8) is 0 Å². The fraction of sp³-hybridized carbons (Fsp3) is 0.800. The molecule has 1 aliphatic rings. The van der Waals surface area contributed by atoms with Gasteiger partial charge >= 0.3 is 0 Å². The number of rotatable bonds is 0. The van der Waals surface area contributed by atoms with Crippen molar-refractivity contribution in [2.45, 2.75) is 12.7 Å². The van der Waals surface area contributed by atoms with E-state index < -0.39 is 5.79 Å². The third-order valence-electron chi connectivity index (χ3n) is 0.898. The minimum Gasteiger partial charge on any atom is -0.378 e. The molecule has 0 N–H and O–H groups in total. The standard InChI is InChI=1S/C5H9O2.2Rf/c1-5(2)6-3-4-7-5;;/h1,3-4H2,2H3;;/q-1;;. The maximum absolute atomic E-state index is 5.01. The van der Waals surface area contributed by atoms with Crippen molar-refractivity contribution in [3.8, 4) is 0 Å². The SMILES string of the molecule is [CH2-]C1(C)OCCO1.[Rf].[Rf]. The molecule has 0 atom stereocenters. The Morgan fingerprint density at radius 1 is 1.22 bits per heavy atom. The molecule has 0 aromatic carbocycles. The summed E-state index contributed by atoms with van der Waals surface area (Å²) in [7, 11) is 0. The molecule has 1 fully saturated rings. The summed E-state index contributed by atoms with van der Waals surface area (Å²) in [5.74, 6) is -0.556. The summed E-state index contributed by atoms with van der Waals surface area (Å²) in [6.07, 6.45) is 0. The minimum absolute atomic E-state index is 0. The normalized spacial score (nSPS) is 22.0. The molecule has 4 heteroatoms. The zero-order valence-corrected chi connectivity index (χ0v) is 18.7. The molecular weight excluding hydrogens is 626 g/mol. The second-order valence-electron chi connectivity index (χ2n) is 1.83. The maximum Gasteiger partial charge on any atom is 0.0702 e. The van der Waals surface area contributed by atoms with Crippen molar-refractivity contribution in [1.29, 1.82) is 0 Å². The molecule has 1 saturated heterocycles. The van der Waals surface area contributed by atoms with Gasteiger partial charge in [-0.15, -0.1) is 0 Å². The first-order valence-electron chi connectivity index (χ1n) is 2.34. The van der Waals surface area contributed by atoms with Gasteiger partial charge in [-0.2, -0.15) is 0 Å². The first-order chi connectivity index (χ1) is 3.21. The van der Waals surface area contributed by atoms with Crippen LogP contribution in [0.5, 0.6) is 0 Å². The minimum atomic E-state index is -0.556. The largest absolute Gasteiger partial charge is 0.378 e. The Balaban J connectivity index is 0. The molecule has 0 spiro atoms. The van der Waals surface area contributed by atoms with E-state index in [0.29, 0.717) is 13.2 Å². The predicted molar refractivity (Wildman–Crippen MR) is 25.7 cm³/mol. The molecule has 0 aliphatic carbocycles. The Labute approximate surface area is 43.4 Å². The van der Waals surface area contributed by atoms with Crippen LogP contribution in [0.4, 0.5) is 0 Å². The summed E-state index contributed by atoms with van der Waals surface area (Å²) in [5.41, 5.74) is 0. The van der Waals surface area contributed by atoms with Crippen LogP contribution < -0.4 is 0 Å². The quantitative estimate of drug-likeness (QED) is 0.364. The zero-order valence-electron chi connectivity index (χ0n) is 5.85. The second kappa shape index (κ2) is 2.28. The smallest absolute Gasteiger partial charge is 0.0702 e. The molecule has 46 valence electrons. The van der Waals surface area contributed by atoms with Crippen LogP contribution in [0.2, 0.25) is 0 Å². The van der Waals surface area contributed by atoms with E-state index in [4.69, 9.17) is 9.47 Å². The van der Waals surface area contributed by atoms with Crippen LogP contribution in [0.25, 0.3) is 0 Å². The Morgan fingerprint density at radius 3 is 1.67 bits per heavy atom. The molecule has 1 heterocycles. The van der Waals surface area contributed by atoms with E-state index in [0.717, 1.165) is 0 Å². The third-order valence-corrected chi connectivity index (χ3v) is 0.898. The molecule has 2 nitrogen and oxygen atoms in total. The summed E-state index contributed by atoms with van der Waals surface area (Å²) in [6, 6.07) is 0. The van der Waals surface area contributed by atoms with Crippen molar-refractivity contribution >= 4 is 0 Å². The van der Waals surface area contributed by atoms with Gasteiger partial charge < -0.3 is 9.47 Å². The van der Waals surface area contributed by atoms with Crippen LogP contribution in [0, 0.1) is 6.92 Å². The zero-order chi connectivity index (χ0) is 5.33. The first kappa shape index (κ1) is 10.0. The molecule has 1 aliphatic heterocycles. The summed E-state index contributed by atoms with van der Waals surface area (Å²) in [4.78, 5) is 0. The van der Waals surface area contributed by atoms with E-state index in [1.807, 2.05) is 0 Å². The van der Waals surface area contributed by atoms with E-state index in [2.05, 4.69) is 6.92 Å². The van der Waals surface area contributed by atoms with Crippen molar-refractivity contribution in [2.75, 3.05) is 13.2 Å². The fourth-order valence-corrected chi connectivity index (χ4v) is 0.557. The summed E-state index contributed by atoms with van der Waals surface area (Å²) < 4.78 is 10.0. The van der Waals surface area contributed by atoms with Gasteiger partial charge in [-0.1, -0.05) is 0 Å². The molecule has 0 radical (unpaired) electrons. The molecule has 0 bridgehead atoms. The van der Waals surface area contributed by atoms with Crippen molar-refractivity contribution in [1.82, 2.24) is 0 Å². The van der Waals surface area contributed by atoms with Crippen LogP contribution in [0.1, 0.15) is 6.92 Å².